The van der Waals surface area contributed by atoms with Crippen molar-refractivity contribution in [3.63, 3.8) is 0 Å². The van der Waals surface area contributed by atoms with Crippen LogP contribution in [0.3, 0.4) is 0 Å². The van der Waals surface area contributed by atoms with Crippen LogP contribution in [0, 0.1) is 0 Å². The minimum absolute atomic E-state index is 0.577. The summed E-state index contributed by atoms with van der Waals surface area (Å²) >= 11 is 6.84. The molecule has 2 aliphatic rings. The van der Waals surface area contributed by atoms with Crippen LogP contribution in [0.4, 0.5) is 0 Å². The topological polar surface area (TPSA) is 0 Å². The van der Waals surface area contributed by atoms with Crippen LogP contribution in [-0.4, -0.2) is 15.0 Å². The molecular weight excluding hydrogens is 450 g/mol. The van der Waals surface area contributed by atoms with Crippen LogP contribution in [0.15, 0.2) is 40.8 Å². The summed E-state index contributed by atoms with van der Waals surface area (Å²) in [5.41, 5.74) is 2.78. The Morgan fingerprint density at radius 1 is 0.895 bits per heavy atom. The number of hydrogen-bond acceptors (Lipinski definition) is 2. The van der Waals surface area contributed by atoms with Gasteiger partial charge in [-0.2, -0.15) is 0 Å². The van der Waals surface area contributed by atoms with E-state index in [0.717, 1.165) is 0 Å². The van der Waals surface area contributed by atoms with Gasteiger partial charge in [0.15, 0.2) is 0 Å². The predicted molar refractivity (Wildman–Crippen MR) is 97.3 cm³/mol. The van der Waals surface area contributed by atoms with E-state index in [4.69, 9.17) is 0 Å². The van der Waals surface area contributed by atoms with Gasteiger partial charge >= 0.3 is 142 Å². The molecule has 2 heterocycles. The van der Waals surface area contributed by atoms with Crippen molar-refractivity contribution in [3.8, 4) is 0 Å². The summed E-state index contributed by atoms with van der Waals surface area (Å²) in [5, 5.41) is 2.91. The molecule has 4 heteroatoms. The van der Waals surface area contributed by atoms with E-state index in [1.54, 1.807) is 0 Å². The Bertz CT molecular complexity index is 777. The van der Waals surface area contributed by atoms with Crippen LogP contribution in [-0.2, 0) is 0 Å². The standard InChI is InChI=1S/C15H9IS2Se/c1-19-13-7-9-3-4-10-14-8(6-12(16)17-10)2-5-11(18-13)15(9)14/h2-7H,1H3. The van der Waals surface area contributed by atoms with Crippen molar-refractivity contribution < 1.29 is 0 Å². The molecule has 0 saturated carbocycles. The average Bonchev–Trinajstić information content (AvgIpc) is 2.43. The summed E-state index contributed by atoms with van der Waals surface area (Å²) in [6, 6.07) is 9.15. The molecule has 0 fully saturated rings. The molecule has 2 aromatic rings. The minimum atomic E-state index is 0.577. The van der Waals surface area contributed by atoms with Crippen LogP contribution in [0.2, 0.25) is 5.82 Å². The molecule has 94 valence electrons. The molecule has 0 aliphatic carbocycles. The Morgan fingerprint density at radius 3 is 2.21 bits per heavy atom. The quantitative estimate of drug-likeness (QED) is 0.389. The maximum absolute atomic E-state index is 2.42. The van der Waals surface area contributed by atoms with Gasteiger partial charge in [-0.15, -0.1) is 0 Å². The number of hydrogen-bond donors (Lipinski definition) is 0. The van der Waals surface area contributed by atoms with Crippen molar-refractivity contribution in [1.82, 2.24) is 0 Å². The fourth-order valence-corrected chi connectivity index (χ4v) is 6.97. The van der Waals surface area contributed by atoms with E-state index in [2.05, 4.69) is 64.8 Å². The molecule has 0 unspecified atom stereocenters. The number of rotatable bonds is 1. The molecule has 0 bridgehead atoms. The summed E-state index contributed by atoms with van der Waals surface area (Å²) in [6.45, 7) is 0. The third-order valence-corrected chi connectivity index (χ3v) is 8.52. The molecule has 0 amide bonds. The molecule has 19 heavy (non-hydrogen) atoms. The van der Waals surface area contributed by atoms with Gasteiger partial charge in [0.05, 0.1) is 0 Å². The molecule has 4 rings (SSSR count). The van der Waals surface area contributed by atoms with Gasteiger partial charge in [0.1, 0.15) is 0 Å². The Labute approximate surface area is 140 Å². The first-order valence-electron chi connectivity index (χ1n) is 5.84. The normalized spacial score (nSPS) is 16.3. The number of thioether (sulfide) groups is 2. The van der Waals surface area contributed by atoms with Gasteiger partial charge in [0.25, 0.3) is 0 Å². The van der Waals surface area contributed by atoms with Crippen LogP contribution in [0.1, 0.15) is 11.1 Å². The second kappa shape index (κ2) is 4.85. The first kappa shape index (κ1) is 12.8. The molecular formula is C15H9IS2Se. The van der Waals surface area contributed by atoms with Crippen molar-refractivity contribution in [2.24, 2.45) is 0 Å². The predicted octanol–water partition coefficient (Wildman–Crippen LogP) is 5.84. The number of halogens is 1. The fraction of sp³-hybridized carbons (Fsp3) is 0.0667. The summed E-state index contributed by atoms with van der Waals surface area (Å²) < 4.78 is 2.88. The fourth-order valence-electron chi connectivity index (χ4n) is 2.52. The molecule has 0 spiro atoms. The molecule has 0 nitrogen and oxygen atoms in total. The van der Waals surface area contributed by atoms with Gasteiger partial charge in [0.2, 0.25) is 0 Å². The summed E-state index contributed by atoms with van der Waals surface area (Å²) in [4.78, 5) is 2.84. The van der Waals surface area contributed by atoms with Crippen molar-refractivity contribution in [3.05, 3.63) is 42.1 Å². The van der Waals surface area contributed by atoms with E-state index in [9.17, 15) is 0 Å². The summed E-state index contributed by atoms with van der Waals surface area (Å²) in [7, 11) is 0. The third kappa shape index (κ3) is 2.04. The molecule has 0 aromatic heterocycles. The van der Waals surface area contributed by atoms with Crippen LogP contribution in [0.5, 0.6) is 0 Å². The zero-order chi connectivity index (χ0) is 13.0. The molecule has 0 atom stereocenters. The monoisotopic (exact) mass is 460 g/mol. The van der Waals surface area contributed by atoms with E-state index >= 15 is 0 Å². The molecule has 2 aliphatic heterocycles. The van der Waals surface area contributed by atoms with Crippen molar-refractivity contribution >= 4 is 84.0 Å². The average molecular weight is 459 g/mol. The van der Waals surface area contributed by atoms with Crippen molar-refractivity contribution in [1.29, 1.82) is 0 Å². The van der Waals surface area contributed by atoms with Crippen molar-refractivity contribution in [2.75, 3.05) is 0 Å². The van der Waals surface area contributed by atoms with Crippen LogP contribution < -0.4 is 0 Å². The summed E-state index contributed by atoms with van der Waals surface area (Å²) in [5.74, 6) is 2.29. The third-order valence-electron chi connectivity index (χ3n) is 3.31. The van der Waals surface area contributed by atoms with E-state index in [-0.39, 0.29) is 0 Å². The first-order valence-corrected chi connectivity index (χ1v) is 11.1. The molecule has 0 saturated heterocycles. The van der Waals surface area contributed by atoms with Gasteiger partial charge in [-0.25, -0.2) is 0 Å². The second-order valence-corrected chi connectivity index (χ2v) is 10.8. The van der Waals surface area contributed by atoms with E-state index in [0.29, 0.717) is 15.0 Å². The van der Waals surface area contributed by atoms with Gasteiger partial charge in [-0.05, 0) is 0 Å². The summed E-state index contributed by atoms with van der Waals surface area (Å²) in [6.07, 6.45) is 4.68. The van der Waals surface area contributed by atoms with E-state index in [1.807, 2.05) is 23.5 Å². The van der Waals surface area contributed by atoms with Crippen molar-refractivity contribution in [2.45, 2.75) is 15.6 Å². The Hall–Kier alpha value is 0.129. The molecule has 0 N–H and O–H groups in total. The van der Waals surface area contributed by atoms with Gasteiger partial charge in [-0.3, -0.25) is 0 Å². The van der Waals surface area contributed by atoms with Gasteiger partial charge in [0, 0.05) is 0 Å². The Balaban J connectivity index is 2.12. The zero-order valence-corrected chi connectivity index (χ0v) is 15.6. The molecule has 2 aromatic carbocycles. The zero-order valence-electron chi connectivity index (χ0n) is 10.1. The number of benzene rings is 2. The maximum atomic E-state index is 2.42. The molecule has 0 radical (unpaired) electrons. The Morgan fingerprint density at radius 2 is 1.53 bits per heavy atom. The SMILES string of the molecule is C[Se]C1=Cc2ccc3c4c(ccc(c24)S1)C=C(I)S3. The van der Waals surface area contributed by atoms with Crippen LogP contribution in [0.25, 0.3) is 22.9 Å². The van der Waals surface area contributed by atoms with E-state index < -0.39 is 0 Å². The van der Waals surface area contributed by atoms with Crippen LogP contribution >= 0.6 is 46.1 Å². The Kier molecular flexibility index (Phi) is 3.28. The van der Waals surface area contributed by atoms with Gasteiger partial charge < -0.3 is 0 Å². The van der Waals surface area contributed by atoms with E-state index in [1.165, 1.54) is 38.4 Å². The van der Waals surface area contributed by atoms with Gasteiger partial charge in [-0.1, -0.05) is 0 Å². The second-order valence-electron chi connectivity index (χ2n) is 4.38. The first-order chi connectivity index (χ1) is 9.26.